The number of nitrogens with zero attached hydrogens (tertiary/aromatic N) is 1. The van der Waals surface area contributed by atoms with Crippen molar-refractivity contribution in [2.24, 2.45) is 10.7 Å². The Hall–Kier alpha value is -0.380. The van der Waals surface area contributed by atoms with Crippen molar-refractivity contribution in [3.8, 4) is 0 Å². The zero-order chi connectivity index (χ0) is 9.84. The van der Waals surface area contributed by atoms with E-state index in [1.807, 2.05) is 0 Å². The molecule has 0 bridgehead atoms. The predicted molar refractivity (Wildman–Crippen MR) is 60.7 cm³/mol. The fourth-order valence-electron chi connectivity index (χ4n) is 0.776. The number of hydrogen-bond acceptors (Lipinski definition) is 2. The van der Waals surface area contributed by atoms with Gasteiger partial charge >= 0.3 is 0 Å². The highest BCUT2D eigenvalue weighted by molar-refractivity contribution is 7.80. The quantitative estimate of drug-likeness (QED) is 0.352. The van der Waals surface area contributed by atoms with E-state index in [2.05, 4.69) is 17.6 Å². The summed E-state index contributed by atoms with van der Waals surface area (Å²) >= 11 is 15.4. The monoisotopic (exact) mass is 234 g/mol. The van der Waals surface area contributed by atoms with Crippen LogP contribution in [-0.2, 0) is 0 Å². The lowest BCUT2D eigenvalue weighted by Crippen LogP contribution is -2.12. The molecule has 1 aromatic rings. The second-order valence-corrected chi connectivity index (χ2v) is 3.56. The zero-order valence-electron chi connectivity index (χ0n) is 6.67. The first-order valence-electron chi connectivity index (χ1n) is 3.51. The van der Waals surface area contributed by atoms with Crippen LogP contribution in [0.25, 0.3) is 0 Å². The Kier molecular flexibility index (Phi) is 3.90. The number of amidine groups is 1. The molecule has 0 unspecified atom stereocenters. The highest BCUT2D eigenvalue weighted by Crippen LogP contribution is 2.26. The molecule has 2 nitrogen and oxygen atoms in total. The van der Waals surface area contributed by atoms with E-state index in [0.29, 0.717) is 21.4 Å². The molecule has 0 radical (unpaired) electrons. The molecule has 1 aromatic carbocycles. The van der Waals surface area contributed by atoms with Crippen LogP contribution in [0.1, 0.15) is 0 Å². The van der Waals surface area contributed by atoms with Gasteiger partial charge in [-0.2, -0.15) is 0 Å². The van der Waals surface area contributed by atoms with Gasteiger partial charge in [0, 0.05) is 9.92 Å². The number of halogens is 2. The first-order valence-corrected chi connectivity index (χ1v) is 4.87. The van der Waals surface area contributed by atoms with Crippen LogP contribution in [0.2, 0.25) is 5.02 Å². The van der Waals surface area contributed by atoms with Gasteiger partial charge in [0.15, 0.2) is 0 Å². The lowest BCUT2D eigenvalue weighted by atomic mass is 10.3. The highest BCUT2D eigenvalue weighted by Gasteiger charge is 1.98. The van der Waals surface area contributed by atoms with Crippen LogP contribution in [0.4, 0.5) is 5.69 Å². The maximum atomic E-state index is 5.73. The number of hydrogen-bond donors (Lipinski definition) is 2. The summed E-state index contributed by atoms with van der Waals surface area (Å²) in [5.74, 6) is 0.565. The highest BCUT2D eigenvalue weighted by atomic mass is 35.5. The average Bonchev–Trinajstić information content (AvgIpc) is 2.09. The molecule has 0 fully saturated rings. The second kappa shape index (κ2) is 4.74. The third-order valence-electron chi connectivity index (χ3n) is 1.34. The smallest absolute Gasteiger partial charge is 0.115 e. The molecule has 0 aliphatic heterocycles. The largest absolute Gasteiger partial charge is 0.386 e. The lowest BCUT2D eigenvalue weighted by molar-refractivity contribution is 1.36. The van der Waals surface area contributed by atoms with Crippen LogP contribution in [-0.4, -0.2) is 11.7 Å². The van der Waals surface area contributed by atoms with E-state index in [-0.39, 0.29) is 5.88 Å². The van der Waals surface area contributed by atoms with E-state index >= 15 is 0 Å². The number of rotatable bonds is 2. The minimum atomic E-state index is 0.204. The molecule has 0 saturated carbocycles. The summed E-state index contributed by atoms with van der Waals surface area (Å²) in [6, 6.07) is 5.16. The van der Waals surface area contributed by atoms with E-state index in [1.54, 1.807) is 18.2 Å². The van der Waals surface area contributed by atoms with Crippen LogP contribution >= 0.6 is 35.8 Å². The van der Waals surface area contributed by atoms with Crippen LogP contribution in [0.15, 0.2) is 28.1 Å². The van der Waals surface area contributed by atoms with Crippen LogP contribution < -0.4 is 5.73 Å². The third-order valence-corrected chi connectivity index (χ3v) is 2.21. The van der Waals surface area contributed by atoms with Crippen LogP contribution in [0, 0.1) is 0 Å². The molecule has 70 valence electrons. The molecule has 13 heavy (non-hydrogen) atoms. The fraction of sp³-hybridized carbons (Fsp3) is 0.125. The number of thiol groups is 1. The summed E-state index contributed by atoms with van der Waals surface area (Å²) in [5.41, 5.74) is 6.14. The molecule has 0 aliphatic carbocycles. The van der Waals surface area contributed by atoms with Gasteiger partial charge in [-0.15, -0.1) is 24.2 Å². The maximum absolute atomic E-state index is 5.73. The molecule has 0 spiro atoms. The maximum Gasteiger partial charge on any atom is 0.115 e. The van der Waals surface area contributed by atoms with Gasteiger partial charge in [0.2, 0.25) is 0 Å². The van der Waals surface area contributed by atoms with Gasteiger partial charge in [0.25, 0.3) is 0 Å². The van der Waals surface area contributed by atoms with Crippen molar-refractivity contribution >= 4 is 47.4 Å². The van der Waals surface area contributed by atoms with E-state index in [0.717, 1.165) is 0 Å². The molecule has 0 amide bonds. The Morgan fingerprint density at radius 2 is 2.23 bits per heavy atom. The molecule has 0 aromatic heterocycles. The molecule has 0 saturated heterocycles. The van der Waals surface area contributed by atoms with Crippen LogP contribution in [0.3, 0.4) is 0 Å². The molecule has 2 N–H and O–H groups in total. The third kappa shape index (κ3) is 3.10. The first kappa shape index (κ1) is 10.7. The number of nitrogens with two attached hydrogens (primary N) is 1. The fourth-order valence-corrected chi connectivity index (χ4v) is 1.35. The van der Waals surface area contributed by atoms with Gasteiger partial charge in [-0.05, 0) is 18.2 Å². The molecular weight excluding hydrogens is 227 g/mol. The standard InChI is InChI=1S/C8H8Cl2N2S/c9-4-8(11)12-6-2-1-5(10)3-7(6)13/h1-3,13H,4H2,(H2,11,12). The summed E-state index contributed by atoms with van der Waals surface area (Å²) in [7, 11) is 0. The van der Waals surface area contributed by atoms with Crippen molar-refractivity contribution in [3.63, 3.8) is 0 Å². The Balaban J connectivity index is 3.03. The number of benzene rings is 1. The number of aliphatic imine (C=N–C) groups is 1. The summed E-state index contributed by atoms with van der Waals surface area (Å²) in [5, 5.41) is 0.619. The lowest BCUT2D eigenvalue weighted by Gasteiger charge is -2.00. The van der Waals surface area contributed by atoms with Gasteiger partial charge in [-0.3, -0.25) is 0 Å². The molecule has 0 heterocycles. The second-order valence-electron chi connectivity index (χ2n) is 2.37. The van der Waals surface area contributed by atoms with E-state index in [4.69, 9.17) is 28.9 Å². The summed E-state index contributed by atoms with van der Waals surface area (Å²) in [6.45, 7) is 0. The summed E-state index contributed by atoms with van der Waals surface area (Å²) in [6.07, 6.45) is 0. The minimum absolute atomic E-state index is 0.204. The Morgan fingerprint density at radius 1 is 1.54 bits per heavy atom. The molecule has 0 atom stereocenters. The predicted octanol–water partition coefficient (Wildman–Crippen LogP) is 2.86. The first-order chi connectivity index (χ1) is 6.13. The normalized spacial score (nSPS) is 11.8. The van der Waals surface area contributed by atoms with Crippen molar-refractivity contribution in [1.82, 2.24) is 0 Å². The molecule has 0 aliphatic rings. The van der Waals surface area contributed by atoms with E-state index in [1.165, 1.54) is 0 Å². The van der Waals surface area contributed by atoms with Crippen molar-refractivity contribution < 1.29 is 0 Å². The van der Waals surface area contributed by atoms with Gasteiger partial charge in [-0.1, -0.05) is 11.6 Å². The van der Waals surface area contributed by atoms with Crippen molar-refractivity contribution in [2.75, 3.05) is 5.88 Å². The molecular formula is C8H8Cl2N2S. The molecule has 5 heteroatoms. The van der Waals surface area contributed by atoms with E-state index < -0.39 is 0 Å². The summed E-state index contributed by atoms with van der Waals surface area (Å²) in [4.78, 5) is 4.73. The summed E-state index contributed by atoms with van der Waals surface area (Å²) < 4.78 is 0. The van der Waals surface area contributed by atoms with Gasteiger partial charge in [0.1, 0.15) is 5.84 Å². The Bertz CT molecular complexity index is 339. The Morgan fingerprint density at radius 3 is 2.77 bits per heavy atom. The van der Waals surface area contributed by atoms with Gasteiger partial charge in [-0.25, -0.2) is 4.99 Å². The van der Waals surface area contributed by atoms with E-state index in [9.17, 15) is 0 Å². The number of alkyl halides is 1. The minimum Gasteiger partial charge on any atom is -0.386 e. The molecule has 1 rings (SSSR count). The van der Waals surface area contributed by atoms with Crippen molar-refractivity contribution in [3.05, 3.63) is 23.2 Å². The Labute approximate surface area is 92.2 Å². The topological polar surface area (TPSA) is 38.4 Å². The van der Waals surface area contributed by atoms with Gasteiger partial charge in [0.05, 0.1) is 11.6 Å². The van der Waals surface area contributed by atoms with Crippen molar-refractivity contribution in [2.45, 2.75) is 4.90 Å². The SMILES string of the molecule is NC(CCl)=Nc1ccc(Cl)cc1S. The van der Waals surface area contributed by atoms with Crippen molar-refractivity contribution in [1.29, 1.82) is 0 Å². The zero-order valence-corrected chi connectivity index (χ0v) is 9.07. The van der Waals surface area contributed by atoms with Crippen LogP contribution in [0.5, 0.6) is 0 Å². The van der Waals surface area contributed by atoms with Gasteiger partial charge < -0.3 is 5.73 Å². The average molecular weight is 235 g/mol.